The Balaban J connectivity index is 1.66. The van der Waals surface area contributed by atoms with Crippen LogP contribution in [-0.4, -0.2) is 45.9 Å². The zero-order chi connectivity index (χ0) is 22.0. The molecule has 2 aromatic heterocycles. The van der Waals surface area contributed by atoms with Crippen LogP contribution in [0.15, 0.2) is 36.8 Å². The number of nitrogens with zero attached hydrogens (tertiary/aromatic N) is 3. The summed E-state index contributed by atoms with van der Waals surface area (Å²) in [5, 5.41) is 4.02. The number of ketones is 1. The van der Waals surface area contributed by atoms with Crippen molar-refractivity contribution in [2.75, 3.05) is 18.5 Å². The van der Waals surface area contributed by atoms with Gasteiger partial charge in [0.15, 0.2) is 0 Å². The molecule has 0 radical (unpaired) electrons. The predicted octanol–water partition coefficient (Wildman–Crippen LogP) is 4.18. The Morgan fingerprint density at radius 3 is 2.81 bits per heavy atom. The molecule has 0 amide bonds. The minimum atomic E-state index is -3.04. The van der Waals surface area contributed by atoms with E-state index in [0.29, 0.717) is 32.9 Å². The molecule has 1 aliphatic heterocycles. The average molecular weight is 447 g/mol. The molecule has 9 heteroatoms. The van der Waals surface area contributed by atoms with E-state index in [1.807, 2.05) is 6.92 Å². The van der Waals surface area contributed by atoms with Crippen molar-refractivity contribution in [2.45, 2.75) is 38.2 Å². The van der Waals surface area contributed by atoms with Crippen LogP contribution in [0.2, 0.25) is 5.02 Å². The van der Waals surface area contributed by atoms with Crippen LogP contribution < -0.4 is 5.32 Å². The number of Topliss-reactive ketones (excluding diaryl/α,β-unsaturated/α-hetero) is 1. The molecule has 1 N–H and O–H groups in total. The first-order chi connectivity index (χ1) is 14.8. The van der Waals surface area contributed by atoms with E-state index in [9.17, 15) is 13.6 Å². The number of halogens is 3. The maximum atomic E-state index is 14.4. The van der Waals surface area contributed by atoms with Crippen molar-refractivity contribution in [1.29, 1.82) is 0 Å². The van der Waals surface area contributed by atoms with Gasteiger partial charge in [0, 0.05) is 53.3 Å². The molecule has 1 aromatic carbocycles. The van der Waals surface area contributed by atoms with Crippen LogP contribution >= 0.6 is 11.6 Å². The number of alkyl halides is 2. The molecule has 162 valence electrons. The number of carbonyl (C=O) groups is 1. The lowest BCUT2D eigenvalue weighted by molar-refractivity contribution is -0.122. The van der Waals surface area contributed by atoms with Gasteiger partial charge in [-0.15, -0.1) is 0 Å². The number of fused-ring (bicyclic) bond motifs is 1. The number of anilines is 1. The lowest BCUT2D eigenvalue weighted by Crippen LogP contribution is -2.47. The smallest absolute Gasteiger partial charge is 0.290 e. The van der Waals surface area contributed by atoms with Crippen molar-refractivity contribution in [1.82, 2.24) is 15.0 Å². The van der Waals surface area contributed by atoms with E-state index in [0.717, 1.165) is 5.69 Å². The molecule has 3 heterocycles. The number of nitrogens with one attached hydrogen (secondary N) is 1. The first-order valence-electron chi connectivity index (χ1n) is 9.90. The first kappa shape index (κ1) is 21.5. The van der Waals surface area contributed by atoms with Gasteiger partial charge in [0.2, 0.25) is 0 Å². The first-order valence-corrected chi connectivity index (χ1v) is 10.3. The fourth-order valence-corrected chi connectivity index (χ4v) is 3.74. The molecule has 1 aliphatic rings. The molecular formula is C22H21ClF2N4O2. The topological polar surface area (TPSA) is 77.0 Å². The van der Waals surface area contributed by atoms with Gasteiger partial charge in [-0.3, -0.25) is 19.7 Å². The summed E-state index contributed by atoms with van der Waals surface area (Å²) in [5.41, 5.74) is 2.89. The van der Waals surface area contributed by atoms with Crippen molar-refractivity contribution < 1.29 is 18.3 Å². The molecule has 6 nitrogen and oxygen atoms in total. The van der Waals surface area contributed by atoms with E-state index in [-0.39, 0.29) is 31.7 Å². The van der Waals surface area contributed by atoms with E-state index in [4.69, 9.17) is 16.3 Å². The van der Waals surface area contributed by atoms with Gasteiger partial charge in [0.25, 0.3) is 5.92 Å². The zero-order valence-corrected chi connectivity index (χ0v) is 17.6. The highest BCUT2D eigenvalue weighted by Gasteiger charge is 2.43. The number of benzene rings is 1. The van der Waals surface area contributed by atoms with Crippen LogP contribution in [0.1, 0.15) is 23.4 Å². The third kappa shape index (κ3) is 4.97. The Morgan fingerprint density at radius 1 is 1.23 bits per heavy atom. The van der Waals surface area contributed by atoms with Crippen LogP contribution in [-0.2, 0) is 22.4 Å². The van der Waals surface area contributed by atoms with E-state index in [1.54, 1.807) is 36.8 Å². The van der Waals surface area contributed by atoms with E-state index < -0.39 is 18.6 Å². The number of aromatic nitrogens is 3. The fourth-order valence-electron chi connectivity index (χ4n) is 3.57. The van der Waals surface area contributed by atoms with E-state index >= 15 is 0 Å². The Bertz CT molecular complexity index is 1110. The lowest BCUT2D eigenvalue weighted by Gasteiger charge is -2.33. The van der Waals surface area contributed by atoms with Gasteiger partial charge < -0.3 is 10.1 Å². The van der Waals surface area contributed by atoms with Gasteiger partial charge in [-0.1, -0.05) is 11.6 Å². The molecule has 4 rings (SSSR count). The highest BCUT2D eigenvalue weighted by atomic mass is 35.5. The normalized spacial score (nSPS) is 18.1. The Morgan fingerprint density at radius 2 is 2.06 bits per heavy atom. The maximum absolute atomic E-state index is 14.4. The Hall–Kier alpha value is -2.71. The summed E-state index contributed by atoms with van der Waals surface area (Å²) >= 11 is 6.16. The lowest BCUT2D eigenvalue weighted by atomic mass is 9.99. The molecule has 3 aromatic rings. The molecule has 0 saturated carbocycles. The van der Waals surface area contributed by atoms with Crippen molar-refractivity contribution in [3.05, 3.63) is 58.8 Å². The molecule has 1 saturated heterocycles. The maximum Gasteiger partial charge on any atom is 0.290 e. The number of ether oxygens (including phenoxy) is 1. The van der Waals surface area contributed by atoms with Gasteiger partial charge in [-0.05, 0) is 31.5 Å². The summed E-state index contributed by atoms with van der Waals surface area (Å²) < 4.78 is 33.8. The van der Waals surface area contributed by atoms with Crippen LogP contribution in [0, 0.1) is 6.92 Å². The molecule has 0 spiro atoms. The number of aryl methyl sites for hydroxylation is 1. The molecular weight excluding hydrogens is 426 g/mol. The van der Waals surface area contributed by atoms with Crippen molar-refractivity contribution >= 4 is 34.0 Å². The van der Waals surface area contributed by atoms with Crippen LogP contribution in [0.4, 0.5) is 14.5 Å². The van der Waals surface area contributed by atoms with E-state index in [1.165, 1.54) is 0 Å². The summed E-state index contributed by atoms with van der Waals surface area (Å²) in [6, 6.07) is 3.95. The second kappa shape index (κ2) is 8.80. The quantitative estimate of drug-likeness (QED) is 0.612. The molecule has 1 unspecified atom stereocenters. The van der Waals surface area contributed by atoms with Gasteiger partial charge >= 0.3 is 0 Å². The molecule has 1 atom stereocenters. The minimum Gasteiger partial charge on any atom is -0.375 e. The SMILES string of the molecule is Cc1cnc(CC(=O)Cc2cnc3ccc(Cl)cc3c2NC2CCOCC2(F)F)cn1. The number of hydrogen-bond donors (Lipinski definition) is 1. The fraction of sp³-hybridized carbons (Fsp3) is 0.364. The summed E-state index contributed by atoms with van der Waals surface area (Å²) in [6.45, 7) is 1.40. The van der Waals surface area contributed by atoms with Crippen LogP contribution in [0.5, 0.6) is 0 Å². The third-order valence-electron chi connectivity index (χ3n) is 5.18. The van der Waals surface area contributed by atoms with Gasteiger partial charge in [-0.25, -0.2) is 8.78 Å². The third-order valence-corrected chi connectivity index (χ3v) is 5.42. The van der Waals surface area contributed by atoms with Crippen molar-refractivity contribution in [2.24, 2.45) is 0 Å². The van der Waals surface area contributed by atoms with Crippen molar-refractivity contribution in [3.63, 3.8) is 0 Å². The molecule has 31 heavy (non-hydrogen) atoms. The highest BCUT2D eigenvalue weighted by Crippen LogP contribution is 2.34. The highest BCUT2D eigenvalue weighted by molar-refractivity contribution is 6.31. The predicted molar refractivity (Wildman–Crippen MR) is 114 cm³/mol. The summed E-state index contributed by atoms with van der Waals surface area (Å²) in [7, 11) is 0. The average Bonchev–Trinajstić information content (AvgIpc) is 2.72. The van der Waals surface area contributed by atoms with Crippen LogP contribution in [0.3, 0.4) is 0 Å². The second-order valence-corrected chi connectivity index (χ2v) is 8.10. The molecule has 1 fully saturated rings. The number of pyridine rings is 1. The zero-order valence-electron chi connectivity index (χ0n) is 16.9. The summed E-state index contributed by atoms with van der Waals surface area (Å²) in [4.78, 5) is 25.5. The van der Waals surface area contributed by atoms with Gasteiger partial charge in [-0.2, -0.15) is 0 Å². The van der Waals surface area contributed by atoms with Crippen molar-refractivity contribution in [3.8, 4) is 0 Å². The Labute approximate surface area is 183 Å². The minimum absolute atomic E-state index is 0.0160. The van der Waals surface area contributed by atoms with Gasteiger partial charge in [0.05, 0.1) is 29.4 Å². The molecule has 0 bridgehead atoms. The molecule has 0 aliphatic carbocycles. The van der Waals surface area contributed by atoms with Crippen LogP contribution in [0.25, 0.3) is 10.9 Å². The van der Waals surface area contributed by atoms with Gasteiger partial charge in [0.1, 0.15) is 12.4 Å². The number of hydrogen-bond acceptors (Lipinski definition) is 6. The summed E-state index contributed by atoms with van der Waals surface area (Å²) in [5.74, 6) is -3.16. The summed E-state index contributed by atoms with van der Waals surface area (Å²) in [6.07, 6.45) is 4.96. The number of rotatable bonds is 6. The monoisotopic (exact) mass is 446 g/mol. The largest absolute Gasteiger partial charge is 0.375 e. The number of carbonyl (C=O) groups excluding carboxylic acids is 1. The van der Waals surface area contributed by atoms with E-state index in [2.05, 4.69) is 20.3 Å². The standard InChI is InChI=1S/C22H21ClF2N4O2/c1-13-9-27-16(11-26-13)8-17(30)6-14-10-28-19-3-2-15(23)7-18(19)21(14)29-20-4-5-31-12-22(20,24)25/h2-3,7,9-11,20H,4-6,8,12H2,1H3,(H,28,29). The Kier molecular flexibility index (Phi) is 6.11. The second-order valence-electron chi connectivity index (χ2n) is 7.66.